The van der Waals surface area contributed by atoms with Gasteiger partial charge in [-0.15, -0.1) is 0 Å². The Bertz CT molecular complexity index is 476. The summed E-state index contributed by atoms with van der Waals surface area (Å²) in [6, 6.07) is 0. The molecule has 0 bridgehead atoms. The van der Waals surface area contributed by atoms with Crippen molar-refractivity contribution in [3.05, 3.63) is 0 Å². The Kier molecular flexibility index (Phi) is 4.51. The molecule has 9 heteroatoms. The van der Waals surface area contributed by atoms with Gasteiger partial charge in [-0.3, -0.25) is 4.79 Å². The number of carbonyl (C=O) groups is 1. The second-order valence-electron chi connectivity index (χ2n) is 4.37. The van der Waals surface area contributed by atoms with Crippen molar-refractivity contribution < 1.29 is 9.53 Å². The Morgan fingerprint density at radius 2 is 2.05 bits per heavy atom. The van der Waals surface area contributed by atoms with Gasteiger partial charge in [0.1, 0.15) is 0 Å². The Morgan fingerprint density at radius 1 is 1.35 bits per heavy atom. The van der Waals surface area contributed by atoms with Gasteiger partial charge in [0.2, 0.25) is 23.8 Å². The lowest BCUT2D eigenvalue weighted by Crippen LogP contribution is -2.39. The summed E-state index contributed by atoms with van der Waals surface area (Å²) in [4.78, 5) is 27.3. The number of primary amides is 1. The number of likely N-dealkylation sites (N-methyl/N-ethyl adjacent to an activating group) is 1. The summed E-state index contributed by atoms with van der Waals surface area (Å²) < 4.78 is 5.29. The molecular formula is C11H19N7O2. The van der Waals surface area contributed by atoms with Crippen molar-refractivity contribution >= 4 is 23.8 Å². The van der Waals surface area contributed by atoms with Crippen LogP contribution in [0.2, 0.25) is 0 Å². The first-order valence-electron chi connectivity index (χ1n) is 6.47. The first-order chi connectivity index (χ1) is 9.60. The number of morpholine rings is 1. The summed E-state index contributed by atoms with van der Waals surface area (Å²) >= 11 is 0. The number of anilines is 3. The van der Waals surface area contributed by atoms with Crippen LogP contribution in [-0.4, -0.2) is 60.3 Å². The first-order valence-corrected chi connectivity index (χ1v) is 6.47. The number of ether oxygens (including phenoxy) is 1. The Labute approximate surface area is 116 Å². The molecule has 1 aromatic rings. The molecule has 0 aliphatic carbocycles. The zero-order valence-corrected chi connectivity index (χ0v) is 11.4. The maximum Gasteiger partial charge on any atom is 0.237 e. The van der Waals surface area contributed by atoms with E-state index in [9.17, 15) is 4.79 Å². The third-order valence-electron chi connectivity index (χ3n) is 2.93. The van der Waals surface area contributed by atoms with E-state index in [1.165, 1.54) is 0 Å². The molecule has 1 aromatic heterocycles. The van der Waals surface area contributed by atoms with Gasteiger partial charge in [0.15, 0.2) is 0 Å². The highest BCUT2D eigenvalue weighted by molar-refractivity contribution is 5.78. The van der Waals surface area contributed by atoms with Crippen molar-refractivity contribution in [2.24, 2.45) is 5.73 Å². The third-order valence-corrected chi connectivity index (χ3v) is 2.93. The normalized spacial score (nSPS) is 15.2. The molecule has 110 valence electrons. The zero-order chi connectivity index (χ0) is 14.5. The highest BCUT2D eigenvalue weighted by Crippen LogP contribution is 2.16. The second-order valence-corrected chi connectivity index (χ2v) is 4.37. The van der Waals surface area contributed by atoms with E-state index in [2.05, 4.69) is 15.0 Å². The highest BCUT2D eigenvalue weighted by Gasteiger charge is 2.18. The minimum absolute atomic E-state index is 0.0442. The van der Waals surface area contributed by atoms with E-state index < -0.39 is 5.91 Å². The monoisotopic (exact) mass is 281 g/mol. The van der Waals surface area contributed by atoms with Gasteiger partial charge in [0.05, 0.1) is 19.8 Å². The molecule has 20 heavy (non-hydrogen) atoms. The molecule has 2 rings (SSSR count). The van der Waals surface area contributed by atoms with E-state index >= 15 is 0 Å². The molecule has 1 amide bonds. The molecule has 0 radical (unpaired) electrons. The smallest absolute Gasteiger partial charge is 0.237 e. The van der Waals surface area contributed by atoms with Crippen LogP contribution < -0.4 is 21.3 Å². The van der Waals surface area contributed by atoms with E-state index in [0.717, 1.165) is 0 Å². The molecule has 0 unspecified atom stereocenters. The van der Waals surface area contributed by atoms with Crippen LogP contribution in [0.25, 0.3) is 0 Å². The summed E-state index contributed by atoms with van der Waals surface area (Å²) in [6.45, 7) is 5.13. The van der Waals surface area contributed by atoms with Crippen LogP contribution in [-0.2, 0) is 9.53 Å². The van der Waals surface area contributed by atoms with Gasteiger partial charge in [-0.2, -0.15) is 15.0 Å². The van der Waals surface area contributed by atoms with Gasteiger partial charge < -0.3 is 26.0 Å². The first kappa shape index (κ1) is 14.3. The Morgan fingerprint density at radius 3 is 2.65 bits per heavy atom. The van der Waals surface area contributed by atoms with Crippen LogP contribution >= 0.6 is 0 Å². The number of carbonyl (C=O) groups excluding carboxylic acids is 1. The fourth-order valence-electron chi connectivity index (χ4n) is 1.93. The summed E-state index contributed by atoms with van der Waals surface area (Å²) in [7, 11) is 0. The lowest BCUT2D eigenvalue weighted by Gasteiger charge is -2.28. The number of rotatable bonds is 5. The summed E-state index contributed by atoms with van der Waals surface area (Å²) in [5.74, 6) is 0.539. The molecule has 0 atom stereocenters. The molecule has 1 fully saturated rings. The molecule has 0 spiro atoms. The number of nitrogens with zero attached hydrogens (tertiary/aromatic N) is 5. The fraction of sp³-hybridized carbons (Fsp3) is 0.636. The minimum Gasteiger partial charge on any atom is -0.378 e. The van der Waals surface area contributed by atoms with Crippen molar-refractivity contribution in [3.8, 4) is 0 Å². The highest BCUT2D eigenvalue weighted by atomic mass is 16.5. The molecule has 1 aliphatic rings. The number of hydrogen-bond acceptors (Lipinski definition) is 8. The van der Waals surface area contributed by atoms with Crippen molar-refractivity contribution in [1.82, 2.24) is 15.0 Å². The van der Waals surface area contributed by atoms with Crippen LogP contribution in [0.5, 0.6) is 0 Å². The van der Waals surface area contributed by atoms with Gasteiger partial charge >= 0.3 is 0 Å². The van der Waals surface area contributed by atoms with E-state index in [1.54, 1.807) is 4.90 Å². The van der Waals surface area contributed by atoms with Crippen molar-refractivity contribution in [1.29, 1.82) is 0 Å². The summed E-state index contributed by atoms with van der Waals surface area (Å²) in [5, 5.41) is 0. The molecule has 2 heterocycles. The van der Waals surface area contributed by atoms with Crippen LogP contribution in [0.3, 0.4) is 0 Å². The van der Waals surface area contributed by atoms with E-state index in [1.807, 2.05) is 11.8 Å². The predicted molar refractivity (Wildman–Crippen MR) is 74.4 cm³/mol. The number of nitrogen functional groups attached to an aromatic ring is 1. The van der Waals surface area contributed by atoms with E-state index in [4.69, 9.17) is 16.2 Å². The summed E-state index contributed by atoms with van der Waals surface area (Å²) in [5.41, 5.74) is 10.9. The maximum atomic E-state index is 11.1. The van der Waals surface area contributed by atoms with Crippen molar-refractivity contribution in [2.45, 2.75) is 6.92 Å². The van der Waals surface area contributed by atoms with Gasteiger partial charge in [-0.05, 0) is 6.92 Å². The average molecular weight is 281 g/mol. The zero-order valence-electron chi connectivity index (χ0n) is 11.4. The largest absolute Gasteiger partial charge is 0.378 e. The number of nitrogens with two attached hydrogens (primary N) is 2. The summed E-state index contributed by atoms with van der Waals surface area (Å²) in [6.07, 6.45) is 0. The lowest BCUT2D eigenvalue weighted by atomic mass is 10.4. The lowest BCUT2D eigenvalue weighted by molar-refractivity contribution is -0.116. The molecule has 9 nitrogen and oxygen atoms in total. The molecular weight excluding hydrogens is 262 g/mol. The second kappa shape index (κ2) is 6.33. The van der Waals surface area contributed by atoms with Gasteiger partial charge in [-0.1, -0.05) is 0 Å². The Balaban J connectivity index is 2.24. The number of aromatic nitrogens is 3. The molecule has 1 saturated heterocycles. The third kappa shape index (κ3) is 3.44. The molecule has 4 N–H and O–H groups in total. The topological polar surface area (TPSA) is 123 Å². The van der Waals surface area contributed by atoms with Crippen LogP contribution in [0, 0.1) is 0 Å². The molecule has 0 saturated carbocycles. The van der Waals surface area contributed by atoms with Gasteiger partial charge in [-0.25, -0.2) is 0 Å². The van der Waals surface area contributed by atoms with Gasteiger partial charge in [0.25, 0.3) is 0 Å². The number of amides is 1. The van der Waals surface area contributed by atoms with Crippen LogP contribution in [0.1, 0.15) is 6.92 Å². The SMILES string of the molecule is CCN(CC(N)=O)c1nc(N)nc(N2CCOCC2)n1. The van der Waals surface area contributed by atoms with Gasteiger partial charge in [0, 0.05) is 19.6 Å². The minimum atomic E-state index is -0.446. The van der Waals surface area contributed by atoms with Crippen LogP contribution in [0.4, 0.5) is 17.8 Å². The predicted octanol–water partition coefficient (Wildman–Crippen LogP) is -1.40. The number of hydrogen-bond donors (Lipinski definition) is 2. The fourth-order valence-corrected chi connectivity index (χ4v) is 1.93. The standard InChI is InChI=1S/C11H19N7O2/c1-2-17(7-8(12)19)10-14-9(13)15-11(16-10)18-3-5-20-6-4-18/h2-7H2,1H3,(H2,12,19)(H2,13,14,15,16). The van der Waals surface area contributed by atoms with E-state index in [0.29, 0.717) is 44.7 Å². The van der Waals surface area contributed by atoms with Crippen molar-refractivity contribution in [3.63, 3.8) is 0 Å². The quantitative estimate of drug-likeness (QED) is 0.675. The maximum absolute atomic E-state index is 11.1. The molecule has 1 aliphatic heterocycles. The van der Waals surface area contributed by atoms with Crippen LogP contribution in [0.15, 0.2) is 0 Å². The molecule has 0 aromatic carbocycles. The Hall–Kier alpha value is -2.16. The average Bonchev–Trinajstić information content (AvgIpc) is 2.45. The van der Waals surface area contributed by atoms with E-state index in [-0.39, 0.29) is 12.5 Å². The van der Waals surface area contributed by atoms with Crippen molar-refractivity contribution in [2.75, 3.05) is 54.9 Å².